The molecule has 0 amide bonds. The third-order valence-electron chi connectivity index (χ3n) is 1.35. The Labute approximate surface area is 69.9 Å². The molecule has 0 aromatic heterocycles. The summed E-state index contributed by atoms with van der Waals surface area (Å²) >= 11 is 0. The van der Waals surface area contributed by atoms with Crippen molar-refractivity contribution in [3.05, 3.63) is 0 Å². The van der Waals surface area contributed by atoms with Gasteiger partial charge in [-0.3, -0.25) is 4.21 Å². The summed E-state index contributed by atoms with van der Waals surface area (Å²) in [4.78, 5) is 0. The first-order valence-electron chi connectivity index (χ1n) is 3.88. The highest BCUT2D eigenvalue weighted by atomic mass is 32.2. The van der Waals surface area contributed by atoms with Gasteiger partial charge in [0.2, 0.25) is 0 Å². The lowest BCUT2D eigenvalue weighted by Gasteiger charge is -1.98. The molecule has 0 aliphatic carbocycles. The monoisotopic (exact) mass is 180 g/mol. The van der Waals surface area contributed by atoms with Crippen molar-refractivity contribution in [2.24, 2.45) is 0 Å². The van der Waals surface area contributed by atoms with Crippen LogP contribution in [0, 0.1) is 0 Å². The third-order valence-corrected chi connectivity index (χ3v) is 2.73. The fourth-order valence-electron chi connectivity index (χ4n) is 0.756. The van der Waals surface area contributed by atoms with E-state index in [1.165, 1.54) is 0 Å². The molecule has 0 fully saturated rings. The van der Waals surface area contributed by atoms with Gasteiger partial charge in [-0.25, -0.2) is 0 Å². The van der Waals surface area contributed by atoms with Crippen molar-refractivity contribution < 1.29 is 14.4 Å². The van der Waals surface area contributed by atoms with E-state index in [1.807, 2.05) is 0 Å². The molecular formula is C7H16O3S. The Hall–Kier alpha value is 0.0700. The maximum absolute atomic E-state index is 10.9. The van der Waals surface area contributed by atoms with Gasteiger partial charge < -0.3 is 10.2 Å². The highest BCUT2D eigenvalue weighted by molar-refractivity contribution is 7.84. The number of hydrogen-bond donors (Lipinski definition) is 2. The van der Waals surface area contributed by atoms with Crippen LogP contribution in [-0.2, 0) is 10.8 Å². The Bertz CT molecular complexity index is 106. The maximum Gasteiger partial charge on any atom is 0.0546 e. The van der Waals surface area contributed by atoms with Gasteiger partial charge in [0, 0.05) is 28.9 Å². The second-order valence-electron chi connectivity index (χ2n) is 2.36. The largest absolute Gasteiger partial charge is 0.396 e. The molecule has 0 bridgehead atoms. The van der Waals surface area contributed by atoms with Gasteiger partial charge in [-0.2, -0.15) is 0 Å². The summed E-state index contributed by atoms with van der Waals surface area (Å²) in [6, 6.07) is 0. The smallest absolute Gasteiger partial charge is 0.0546 e. The first-order valence-corrected chi connectivity index (χ1v) is 5.36. The van der Waals surface area contributed by atoms with Crippen LogP contribution in [0.3, 0.4) is 0 Å². The fraction of sp³-hybridized carbons (Fsp3) is 1.00. The lowest BCUT2D eigenvalue weighted by molar-refractivity contribution is 0.284. The quantitative estimate of drug-likeness (QED) is 0.537. The van der Waals surface area contributed by atoms with E-state index in [0.717, 1.165) is 19.3 Å². The van der Waals surface area contributed by atoms with Crippen LogP contribution in [0.1, 0.15) is 19.3 Å². The summed E-state index contributed by atoms with van der Waals surface area (Å²) in [5.41, 5.74) is 0. The van der Waals surface area contributed by atoms with E-state index in [-0.39, 0.29) is 13.2 Å². The zero-order valence-corrected chi connectivity index (χ0v) is 7.48. The van der Waals surface area contributed by atoms with Gasteiger partial charge in [0.05, 0.1) is 6.61 Å². The minimum absolute atomic E-state index is 0.00656. The lowest BCUT2D eigenvalue weighted by Crippen LogP contribution is -2.06. The van der Waals surface area contributed by atoms with Crippen molar-refractivity contribution in [3.8, 4) is 0 Å². The molecule has 0 rings (SSSR count). The van der Waals surface area contributed by atoms with Crippen LogP contribution in [0.4, 0.5) is 0 Å². The predicted molar refractivity (Wildman–Crippen MR) is 45.9 cm³/mol. The number of aliphatic hydroxyl groups is 2. The SMILES string of the molecule is O=S(CCO)CCCCCO. The lowest BCUT2D eigenvalue weighted by atomic mass is 10.3. The van der Waals surface area contributed by atoms with Gasteiger partial charge in [0.1, 0.15) is 0 Å². The van der Waals surface area contributed by atoms with Crippen LogP contribution in [0.2, 0.25) is 0 Å². The Balaban J connectivity index is 3.04. The molecule has 0 saturated carbocycles. The number of unbranched alkanes of at least 4 members (excludes halogenated alkanes) is 2. The first-order chi connectivity index (χ1) is 5.31. The zero-order valence-electron chi connectivity index (χ0n) is 6.66. The molecule has 1 atom stereocenters. The topological polar surface area (TPSA) is 57.5 Å². The molecule has 0 radical (unpaired) electrons. The van der Waals surface area contributed by atoms with Crippen LogP contribution >= 0.6 is 0 Å². The van der Waals surface area contributed by atoms with E-state index in [4.69, 9.17) is 10.2 Å². The van der Waals surface area contributed by atoms with E-state index < -0.39 is 10.8 Å². The summed E-state index contributed by atoms with van der Waals surface area (Å²) in [6.07, 6.45) is 2.59. The Morgan fingerprint density at radius 3 is 2.18 bits per heavy atom. The molecule has 0 aliphatic heterocycles. The molecule has 0 aliphatic rings. The Morgan fingerprint density at radius 1 is 0.909 bits per heavy atom. The molecule has 4 heteroatoms. The summed E-state index contributed by atoms with van der Waals surface area (Å²) in [6.45, 7) is 0.221. The van der Waals surface area contributed by atoms with Crippen LogP contribution in [0.25, 0.3) is 0 Å². The van der Waals surface area contributed by atoms with E-state index in [9.17, 15) is 4.21 Å². The third kappa shape index (κ3) is 7.97. The average Bonchev–Trinajstić information content (AvgIpc) is 1.99. The molecule has 68 valence electrons. The van der Waals surface area contributed by atoms with E-state index in [2.05, 4.69) is 0 Å². The van der Waals surface area contributed by atoms with E-state index in [0.29, 0.717) is 11.5 Å². The summed E-state index contributed by atoms with van der Waals surface area (Å²) in [7, 11) is -0.855. The second kappa shape index (κ2) is 8.17. The highest BCUT2D eigenvalue weighted by Gasteiger charge is 1.97. The highest BCUT2D eigenvalue weighted by Crippen LogP contribution is 1.96. The van der Waals surface area contributed by atoms with Crippen molar-refractivity contribution in [3.63, 3.8) is 0 Å². The average molecular weight is 180 g/mol. The summed E-state index contributed by atoms with van der Waals surface area (Å²) in [5, 5.41) is 16.8. The Morgan fingerprint density at radius 2 is 1.64 bits per heavy atom. The molecule has 2 N–H and O–H groups in total. The van der Waals surface area contributed by atoms with Gasteiger partial charge in [-0.15, -0.1) is 0 Å². The summed E-state index contributed by atoms with van der Waals surface area (Å²) in [5.74, 6) is 1.04. The molecule has 0 aromatic rings. The number of hydrogen-bond acceptors (Lipinski definition) is 3. The van der Waals surface area contributed by atoms with Crippen molar-refractivity contribution in [1.82, 2.24) is 0 Å². The fourth-order valence-corrected chi connectivity index (χ4v) is 1.69. The molecule has 0 spiro atoms. The van der Waals surface area contributed by atoms with Crippen molar-refractivity contribution in [1.29, 1.82) is 0 Å². The molecule has 1 unspecified atom stereocenters. The molecule has 0 saturated heterocycles. The predicted octanol–water partition coefficient (Wildman–Crippen LogP) is -0.110. The zero-order chi connectivity index (χ0) is 8.53. The Kier molecular flexibility index (Phi) is 8.22. The number of rotatable bonds is 7. The van der Waals surface area contributed by atoms with Crippen molar-refractivity contribution in [2.45, 2.75) is 19.3 Å². The van der Waals surface area contributed by atoms with Gasteiger partial charge in [0.25, 0.3) is 0 Å². The molecule has 0 heterocycles. The van der Waals surface area contributed by atoms with Gasteiger partial charge in [-0.05, 0) is 12.8 Å². The van der Waals surface area contributed by atoms with E-state index >= 15 is 0 Å². The van der Waals surface area contributed by atoms with Gasteiger partial charge in [0.15, 0.2) is 0 Å². The van der Waals surface area contributed by atoms with E-state index in [1.54, 1.807) is 0 Å². The first kappa shape index (κ1) is 11.1. The number of aliphatic hydroxyl groups excluding tert-OH is 2. The minimum atomic E-state index is -0.855. The van der Waals surface area contributed by atoms with Crippen LogP contribution in [0.5, 0.6) is 0 Å². The van der Waals surface area contributed by atoms with Crippen LogP contribution in [0.15, 0.2) is 0 Å². The van der Waals surface area contributed by atoms with Gasteiger partial charge in [-0.1, -0.05) is 6.42 Å². The summed E-state index contributed by atoms with van der Waals surface area (Å²) < 4.78 is 10.9. The molecule has 0 aromatic carbocycles. The second-order valence-corrected chi connectivity index (χ2v) is 4.05. The van der Waals surface area contributed by atoms with Crippen molar-refractivity contribution >= 4 is 10.8 Å². The maximum atomic E-state index is 10.9. The van der Waals surface area contributed by atoms with Crippen LogP contribution in [-0.4, -0.2) is 39.1 Å². The van der Waals surface area contributed by atoms with Gasteiger partial charge >= 0.3 is 0 Å². The van der Waals surface area contributed by atoms with Crippen molar-refractivity contribution in [2.75, 3.05) is 24.7 Å². The normalized spacial score (nSPS) is 13.3. The molecular weight excluding hydrogens is 164 g/mol. The molecule has 3 nitrogen and oxygen atoms in total. The minimum Gasteiger partial charge on any atom is -0.396 e. The molecule has 11 heavy (non-hydrogen) atoms. The van der Waals surface area contributed by atoms with Crippen LogP contribution < -0.4 is 0 Å². The standard InChI is InChI=1S/C7H16O3S/c8-4-2-1-3-6-11(10)7-5-9/h8-9H,1-7H2.